The Kier molecular flexibility index (Phi) is 15.0. The van der Waals surface area contributed by atoms with E-state index in [4.69, 9.17) is 14.6 Å². The lowest BCUT2D eigenvalue weighted by Gasteiger charge is -2.28. The number of carbonyl (C=O) groups excluding carboxylic acids is 2. The van der Waals surface area contributed by atoms with E-state index >= 15 is 0 Å². The molecule has 0 spiro atoms. The van der Waals surface area contributed by atoms with Crippen molar-refractivity contribution in [2.45, 2.75) is 57.3 Å². The van der Waals surface area contributed by atoms with Gasteiger partial charge in [0, 0.05) is 13.0 Å². The molecule has 170 valence electrons. The molecule has 0 heterocycles. The molecule has 12 heteroatoms. The van der Waals surface area contributed by atoms with Gasteiger partial charge < -0.3 is 40.5 Å². The van der Waals surface area contributed by atoms with E-state index in [1.807, 2.05) is 0 Å². The van der Waals surface area contributed by atoms with Gasteiger partial charge in [-0.2, -0.15) is 0 Å². The predicted octanol–water partition coefficient (Wildman–Crippen LogP) is -2.50. The Balaban J connectivity index is 4.04. The first-order chi connectivity index (χ1) is 13.7. The number of carboxylic acids is 1. The number of ether oxygens (including phenoxy) is 2. The van der Waals surface area contributed by atoms with Crippen molar-refractivity contribution in [3.05, 3.63) is 0 Å². The van der Waals surface area contributed by atoms with E-state index in [-0.39, 0.29) is 12.3 Å². The van der Waals surface area contributed by atoms with Gasteiger partial charge in [0.15, 0.2) is 12.5 Å². The standard InChI is InChI=1S/C17H33N3O9/c1-11(22)12(9-21)29-17(16(27)18-2)28-10-14(24)19-7-5-3-4-6-13(23)20-8-15(25)26/h11-12,16-18,21-22,27H,3-10H2,1-2H3,(H,19,24)(H,20,23)(H,25,26). The molecule has 0 aliphatic heterocycles. The fourth-order valence-electron chi connectivity index (χ4n) is 2.11. The van der Waals surface area contributed by atoms with E-state index in [1.54, 1.807) is 0 Å². The summed E-state index contributed by atoms with van der Waals surface area (Å²) in [5, 5.41) is 44.3. The van der Waals surface area contributed by atoms with Crippen molar-refractivity contribution in [2.24, 2.45) is 0 Å². The zero-order chi connectivity index (χ0) is 22.2. The molecule has 4 atom stereocenters. The first kappa shape index (κ1) is 27.2. The van der Waals surface area contributed by atoms with Crippen LogP contribution in [0.3, 0.4) is 0 Å². The van der Waals surface area contributed by atoms with Gasteiger partial charge in [0.25, 0.3) is 0 Å². The van der Waals surface area contributed by atoms with Crippen LogP contribution in [0.5, 0.6) is 0 Å². The number of nitrogens with one attached hydrogen (secondary N) is 3. The number of carboxylic acid groups (broad SMARTS) is 1. The second-order valence-electron chi connectivity index (χ2n) is 6.34. The van der Waals surface area contributed by atoms with Crippen LogP contribution in [-0.4, -0.2) is 96.3 Å². The molecule has 0 aromatic carbocycles. The molecule has 12 nitrogen and oxygen atoms in total. The molecule has 0 saturated carbocycles. The molecule has 0 bridgehead atoms. The Morgan fingerprint density at radius 1 is 1.03 bits per heavy atom. The quantitative estimate of drug-likeness (QED) is 0.0974. The second-order valence-corrected chi connectivity index (χ2v) is 6.34. The molecule has 29 heavy (non-hydrogen) atoms. The van der Waals surface area contributed by atoms with Gasteiger partial charge in [0.2, 0.25) is 11.8 Å². The van der Waals surface area contributed by atoms with Crippen LogP contribution in [0, 0.1) is 0 Å². The van der Waals surface area contributed by atoms with Gasteiger partial charge in [-0.3, -0.25) is 19.7 Å². The molecule has 0 aliphatic rings. The Morgan fingerprint density at radius 2 is 1.72 bits per heavy atom. The molecule has 0 aliphatic carbocycles. The van der Waals surface area contributed by atoms with Crippen molar-refractivity contribution in [2.75, 3.05) is 33.4 Å². The summed E-state index contributed by atoms with van der Waals surface area (Å²) in [6.07, 6.45) is -2.49. The Bertz CT molecular complexity index is 491. The van der Waals surface area contributed by atoms with E-state index in [9.17, 15) is 29.7 Å². The minimum absolute atomic E-state index is 0.209. The van der Waals surface area contributed by atoms with Crippen molar-refractivity contribution in [1.82, 2.24) is 16.0 Å². The van der Waals surface area contributed by atoms with Gasteiger partial charge in [-0.25, -0.2) is 0 Å². The van der Waals surface area contributed by atoms with Gasteiger partial charge in [0.1, 0.15) is 19.3 Å². The number of hydrogen-bond acceptors (Lipinski definition) is 9. The first-order valence-corrected chi connectivity index (χ1v) is 9.37. The lowest BCUT2D eigenvalue weighted by molar-refractivity contribution is -0.238. The first-order valence-electron chi connectivity index (χ1n) is 9.37. The normalized spacial score (nSPS) is 15.2. The molecule has 0 aromatic rings. The maximum absolute atomic E-state index is 11.8. The van der Waals surface area contributed by atoms with Gasteiger partial charge in [-0.05, 0) is 26.8 Å². The van der Waals surface area contributed by atoms with Gasteiger partial charge >= 0.3 is 5.97 Å². The van der Waals surface area contributed by atoms with Crippen LogP contribution in [0.25, 0.3) is 0 Å². The number of rotatable bonds is 17. The highest BCUT2D eigenvalue weighted by atomic mass is 16.7. The van der Waals surface area contributed by atoms with E-state index in [0.29, 0.717) is 25.8 Å². The summed E-state index contributed by atoms with van der Waals surface area (Å²) in [6, 6.07) is 0. The fourth-order valence-corrected chi connectivity index (χ4v) is 2.11. The van der Waals surface area contributed by atoms with Gasteiger partial charge in [-0.15, -0.1) is 0 Å². The molecule has 0 saturated heterocycles. The molecule has 4 unspecified atom stereocenters. The molecule has 2 amide bonds. The van der Waals surface area contributed by atoms with Crippen molar-refractivity contribution < 1.29 is 44.3 Å². The lowest BCUT2D eigenvalue weighted by Crippen LogP contribution is -2.47. The number of aliphatic carboxylic acids is 1. The fraction of sp³-hybridized carbons (Fsp3) is 0.824. The average Bonchev–Trinajstić information content (AvgIpc) is 2.68. The average molecular weight is 423 g/mol. The highest BCUT2D eigenvalue weighted by Crippen LogP contribution is 2.08. The van der Waals surface area contributed by atoms with E-state index in [1.165, 1.54) is 14.0 Å². The third-order valence-corrected chi connectivity index (χ3v) is 3.80. The minimum Gasteiger partial charge on any atom is -0.480 e. The Morgan fingerprint density at radius 3 is 2.28 bits per heavy atom. The third kappa shape index (κ3) is 13.9. The number of likely N-dealkylation sites (N-methyl/N-ethyl adjacent to an activating group) is 1. The molecule has 0 radical (unpaired) electrons. The number of unbranched alkanes of at least 4 members (excludes halogenated alkanes) is 2. The molecule has 0 fully saturated rings. The largest absolute Gasteiger partial charge is 0.480 e. The van der Waals surface area contributed by atoms with Gasteiger partial charge in [0.05, 0.1) is 12.7 Å². The molecular formula is C17H33N3O9. The van der Waals surface area contributed by atoms with Crippen molar-refractivity contribution in [3.63, 3.8) is 0 Å². The second kappa shape index (κ2) is 16.0. The van der Waals surface area contributed by atoms with E-state index in [0.717, 1.165) is 0 Å². The SMILES string of the molecule is CNC(O)C(OCC(=O)NCCCCCC(=O)NCC(=O)O)OC(CO)C(C)O. The molecule has 0 aromatic heterocycles. The highest BCUT2D eigenvalue weighted by Gasteiger charge is 2.26. The van der Waals surface area contributed by atoms with E-state index < -0.39 is 56.4 Å². The number of carbonyl (C=O) groups is 3. The summed E-state index contributed by atoms with van der Waals surface area (Å²) in [7, 11) is 1.45. The maximum Gasteiger partial charge on any atom is 0.322 e. The predicted molar refractivity (Wildman–Crippen MR) is 101 cm³/mol. The van der Waals surface area contributed by atoms with Crippen molar-refractivity contribution >= 4 is 17.8 Å². The van der Waals surface area contributed by atoms with Crippen LogP contribution < -0.4 is 16.0 Å². The van der Waals surface area contributed by atoms with Crippen LogP contribution in [0.2, 0.25) is 0 Å². The number of amides is 2. The molecular weight excluding hydrogens is 390 g/mol. The summed E-state index contributed by atoms with van der Waals surface area (Å²) in [4.78, 5) is 33.5. The zero-order valence-corrected chi connectivity index (χ0v) is 16.8. The number of hydrogen-bond donors (Lipinski definition) is 7. The monoisotopic (exact) mass is 423 g/mol. The van der Waals surface area contributed by atoms with Crippen LogP contribution in [-0.2, 0) is 23.9 Å². The summed E-state index contributed by atoms with van der Waals surface area (Å²) >= 11 is 0. The number of aliphatic hydroxyl groups is 3. The minimum atomic E-state index is -1.28. The summed E-state index contributed by atoms with van der Waals surface area (Å²) < 4.78 is 10.5. The maximum atomic E-state index is 11.8. The van der Waals surface area contributed by atoms with Crippen LogP contribution >= 0.6 is 0 Å². The smallest absolute Gasteiger partial charge is 0.322 e. The van der Waals surface area contributed by atoms with Crippen LogP contribution in [0.1, 0.15) is 32.6 Å². The molecule has 0 rings (SSSR count). The topological polar surface area (TPSA) is 187 Å². The third-order valence-electron chi connectivity index (χ3n) is 3.80. The number of aliphatic hydroxyl groups excluding tert-OH is 3. The summed E-state index contributed by atoms with van der Waals surface area (Å²) in [5.74, 6) is -1.88. The highest BCUT2D eigenvalue weighted by molar-refractivity contribution is 5.81. The molecule has 7 N–H and O–H groups in total. The van der Waals surface area contributed by atoms with Crippen molar-refractivity contribution in [1.29, 1.82) is 0 Å². The van der Waals surface area contributed by atoms with Crippen molar-refractivity contribution in [3.8, 4) is 0 Å². The Labute approximate surface area is 169 Å². The van der Waals surface area contributed by atoms with E-state index in [2.05, 4.69) is 16.0 Å². The zero-order valence-electron chi connectivity index (χ0n) is 16.8. The Hall–Kier alpha value is -1.83. The van der Waals surface area contributed by atoms with Crippen LogP contribution in [0.4, 0.5) is 0 Å². The lowest BCUT2D eigenvalue weighted by atomic mass is 10.2. The van der Waals surface area contributed by atoms with Gasteiger partial charge in [-0.1, -0.05) is 6.42 Å². The summed E-state index contributed by atoms with van der Waals surface area (Å²) in [5.41, 5.74) is 0. The summed E-state index contributed by atoms with van der Waals surface area (Å²) in [6.45, 7) is 0.462. The van der Waals surface area contributed by atoms with Crippen LogP contribution in [0.15, 0.2) is 0 Å².